The minimum absolute atomic E-state index is 0.225. The molecule has 0 aliphatic heterocycles. The lowest BCUT2D eigenvalue weighted by molar-refractivity contribution is 0.604. The second-order valence-corrected chi connectivity index (χ2v) is 5.09. The number of rotatable bonds is 5. The van der Waals surface area contributed by atoms with Gasteiger partial charge in [-0.2, -0.15) is 0 Å². The van der Waals surface area contributed by atoms with Crippen molar-refractivity contribution in [3.63, 3.8) is 0 Å². The van der Waals surface area contributed by atoms with Gasteiger partial charge in [-0.05, 0) is 60.4 Å². The fourth-order valence-corrected chi connectivity index (χ4v) is 1.91. The third-order valence-corrected chi connectivity index (χ3v) is 3.33. The molecule has 1 N–H and O–H groups in total. The Balaban J connectivity index is 2.76. The van der Waals surface area contributed by atoms with Crippen LogP contribution in [-0.4, -0.2) is 12.6 Å². The molecule has 0 amide bonds. The van der Waals surface area contributed by atoms with E-state index in [1.165, 1.54) is 11.6 Å². The first-order chi connectivity index (χ1) is 8.04. The molecule has 1 atom stereocenters. The largest absolute Gasteiger partial charge is 0.311 e. The number of hydrogen-bond acceptors (Lipinski definition) is 1. The van der Waals surface area contributed by atoms with Crippen LogP contribution in [0.5, 0.6) is 0 Å². The summed E-state index contributed by atoms with van der Waals surface area (Å²) in [6.07, 6.45) is 3.21. The van der Waals surface area contributed by atoms with E-state index < -0.39 is 0 Å². The van der Waals surface area contributed by atoms with Gasteiger partial charge in [0.2, 0.25) is 0 Å². The van der Waals surface area contributed by atoms with E-state index in [1.54, 1.807) is 12.1 Å². The first-order valence-electron chi connectivity index (χ1n) is 5.91. The summed E-state index contributed by atoms with van der Waals surface area (Å²) in [6.45, 7) is 7.39. The molecule has 1 unspecified atom stereocenters. The Morgan fingerprint density at radius 3 is 2.82 bits per heavy atom. The molecule has 3 heteroatoms. The average molecular weight is 300 g/mol. The van der Waals surface area contributed by atoms with Crippen LogP contribution in [0.25, 0.3) is 6.08 Å². The highest BCUT2D eigenvalue weighted by Gasteiger charge is 2.04. The molecule has 0 aliphatic rings. The van der Waals surface area contributed by atoms with Crippen LogP contribution in [0.4, 0.5) is 4.39 Å². The Morgan fingerprint density at radius 1 is 1.53 bits per heavy atom. The van der Waals surface area contributed by atoms with Gasteiger partial charge in [-0.15, -0.1) is 0 Å². The van der Waals surface area contributed by atoms with Crippen molar-refractivity contribution < 1.29 is 4.39 Å². The van der Waals surface area contributed by atoms with E-state index >= 15 is 0 Å². The zero-order valence-electron chi connectivity index (χ0n) is 10.6. The van der Waals surface area contributed by atoms with Crippen molar-refractivity contribution >= 4 is 22.0 Å². The van der Waals surface area contributed by atoms with E-state index in [2.05, 4.69) is 48.1 Å². The Bertz CT molecular complexity index is 401. The van der Waals surface area contributed by atoms with Crippen LogP contribution in [0, 0.1) is 5.82 Å². The summed E-state index contributed by atoms with van der Waals surface area (Å²) in [6, 6.07) is 5.41. The van der Waals surface area contributed by atoms with E-state index in [0.717, 1.165) is 18.5 Å². The van der Waals surface area contributed by atoms with Crippen molar-refractivity contribution in [1.29, 1.82) is 0 Å². The Hall–Kier alpha value is -0.670. The van der Waals surface area contributed by atoms with Gasteiger partial charge >= 0.3 is 0 Å². The van der Waals surface area contributed by atoms with Gasteiger partial charge in [-0.3, -0.25) is 0 Å². The minimum Gasteiger partial charge on any atom is -0.311 e. The summed E-state index contributed by atoms with van der Waals surface area (Å²) in [5.74, 6) is -0.225. The fourth-order valence-electron chi connectivity index (χ4n) is 1.51. The van der Waals surface area contributed by atoms with Crippen molar-refractivity contribution in [3.8, 4) is 0 Å². The van der Waals surface area contributed by atoms with Gasteiger partial charge in [0.05, 0.1) is 4.47 Å². The van der Waals surface area contributed by atoms with Gasteiger partial charge in [0.1, 0.15) is 5.82 Å². The first-order valence-corrected chi connectivity index (χ1v) is 6.70. The third kappa shape index (κ3) is 4.60. The van der Waals surface area contributed by atoms with E-state index in [-0.39, 0.29) is 5.82 Å². The van der Waals surface area contributed by atoms with E-state index in [4.69, 9.17) is 0 Å². The van der Waals surface area contributed by atoms with Crippen LogP contribution in [0.15, 0.2) is 28.2 Å². The number of benzene rings is 1. The third-order valence-electron chi connectivity index (χ3n) is 2.72. The predicted molar refractivity (Wildman–Crippen MR) is 75.5 cm³/mol. The monoisotopic (exact) mass is 299 g/mol. The minimum atomic E-state index is -0.225. The van der Waals surface area contributed by atoms with Crippen LogP contribution in [0.3, 0.4) is 0 Å². The molecule has 0 aliphatic carbocycles. The highest BCUT2D eigenvalue weighted by molar-refractivity contribution is 9.10. The quantitative estimate of drug-likeness (QED) is 0.851. The summed E-state index contributed by atoms with van der Waals surface area (Å²) >= 11 is 3.20. The van der Waals surface area contributed by atoms with Gasteiger partial charge in [0.25, 0.3) is 0 Å². The molecule has 1 aromatic rings. The van der Waals surface area contributed by atoms with Crippen molar-refractivity contribution in [2.24, 2.45) is 0 Å². The molecule has 0 spiro atoms. The lowest BCUT2D eigenvalue weighted by Gasteiger charge is -2.14. The van der Waals surface area contributed by atoms with E-state index in [1.807, 2.05) is 0 Å². The lowest BCUT2D eigenvalue weighted by atomic mass is 10.1. The van der Waals surface area contributed by atoms with Crippen molar-refractivity contribution in [3.05, 3.63) is 39.6 Å². The number of halogens is 2. The molecule has 1 rings (SSSR count). The molecule has 0 saturated carbocycles. The topological polar surface area (TPSA) is 12.0 Å². The van der Waals surface area contributed by atoms with Crippen LogP contribution in [-0.2, 0) is 0 Å². The highest BCUT2D eigenvalue weighted by atomic mass is 79.9. The molecular formula is C14H19BrFN. The molecule has 0 heterocycles. The predicted octanol–water partition coefficient (Wildman–Crippen LogP) is 4.38. The summed E-state index contributed by atoms with van der Waals surface area (Å²) in [5.41, 5.74) is 2.26. The SMILES string of the molecule is CCCNC(C)/C(C)=C/c1ccc(F)c(Br)c1. The van der Waals surface area contributed by atoms with Gasteiger partial charge in [0.15, 0.2) is 0 Å². The Labute approximate surface area is 111 Å². The van der Waals surface area contributed by atoms with E-state index in [9.17, 15) is 4.39 Å². The molecule has 0 aromatic heterocycles. The summed E-state index contributed by atoms with van der Waals surface area (Å²) in [4.78, 5) is 0. The second kappa shape index (κ2) is 6.92. The molecule has 17 heavy (non-hydrogen) atoms. The van der Waals surface area contributed by atoms with Crippen LogP contribution < -0.4 is 5.32 Å². The molecule has 0 bridgehead atoms. The zero-order valence-corrected chi connectivity index (χ0v) is 12.1. The molecule has 1 nitrogen and oxygen atoms in total. The summed E-state index contributed by atoms with van der Waals surface area (Å²) in [7, 11) is 0. The highest BCUT2D eigenvalue weighted by Crippen LogP contribution is 2.19. The normalized spacial score (nSPS) is 13.8. The number of hydrogen-bond donors (Lipinski definition) is 1. The van der Waals surface area contributed by atoms with Crippen LogP contribution in [0.2, 0.25) is 0 Å². The van der Waals surface area contributed by atoms with Crippen molar-refractivity contribution in [1.82, 2.24) is 5.32 Å². The van der Waals surface area contributed by atoms with Crippen LogP contribution >= 0.6 is 15.9 Å². The standard InChI is InChI=1S/C14H19BrFN/c1-4-7-17-11(3)10(2)8-12-5-6-14(16)13(15)9-12/h5-6,8-9,11,17H,4,7H2,1-3H3/b10-8+. The van der Waals surface area contributed by atoms with Gasteiger partial charge in [0, 0.05) is 6.04 Å². The zero-order chi connectivity index (χ0) is 12.8. The molecular weight excluding hydrogens is 281 g/mol. The van der Waals surface area contributed by atoms with Gasteiger partial charge in [-0.1, -0.05) is 24.6 Å². The summed E-state index contributed by atoms with van der Waals surface area (Å²) in [5, 5.41) is 3.42. The number of nitrogens with one attached hydrogen (secondary N) is 1. The van der Waals surface area contributed by atoms with E-state index in [0.29, 0.717) is 10.5 Å². The van der Waals surface area contributed by atoms with Crippen molar-refractivity contribution in [2.45, 2.75) is 33.2 Å². The maximum Gasteiger partial charge on any atom is 0.137 e. The molecule has 0 radical (unpaired) electrons. The molecule has 1 aromatic carbocycles. The summed E-state index contributed by atoms with van der Waals surface area (Å²) < 4.78 is 13.6. The van der Waals surface area contributed by atoms with Crippen molar-refractivity contribution in [2.75, 3.05) is 6.54 Å². The maximum atomic E-state index is 13.1. The Kier molecular flexibility index (Phi) is 5.86. The fraction of sp³-hybridized carbons (Fsp3) is 0.429. The Morgan fingerprint density at radius 2 is 2.24 bits per heavy atom. The molecule has 94 valence electrons. The van der Waals surface area contributed by atoms with Gasteiger partial charge in [-0.25, -0.2) is 4.39 Å². The van der Waals surface area contributed by atoms with Crippen LogP contribution in [0.1, 0.15) is 32.8 Å². The van der Waals surface area contributed by atoms with Gasteiger partial charge < -0.3 is 5.32 Å². The molecule has 0 saturated heterocycles. The average Bonchev–Trinajstić information content (AvgIpc) is 2.30. The second-order valence-electron chi connectivity index (χ2n) is 4.24. The molecule has 0 fully saturated rings. The maximum absolute atomic E-state index is 13.1. The first kappa shape index (κ1) is 14.4. The smallest absolute Gasteiger partial charge is 0.137 e. The lowest BCUT2D eigenvalue weighted by Crippen LogP contribution is -2.27.